The molecule has 0 aliphatic heterocycles. The van der Waals surface area contributed by atoms with Gasteiger partial charge in [-0.05, 0) is 26.6 Å². The van der Waals surface area contributed by atoms with Crippen molar-refractivity contribution >= 4 is 24.8 Å². The van der Waals surface area contributed by atoms with Crippen LogP contribution in [-0.2, 0) is 9.59 Å². The molecular formula is C16H21FN2O4. The van der Waals surface area contributed by atoms with Crippen LogP contribution in [0.1, 0.15) is 33.6 Å². The van der Waals surface area contributed by atoms with Crippen LogP contribution < -0.4 is 5.32 Å². The first-order valence-corrected chi connectivity index (χ1v) is 6.96. The Labute approximate surface area is 134 Å². The number of hydrogen-bond acceptors (Lipinski definition) is 5. The molecule has 0 radical (unpaired) electrons. The van der Waals surface area contributed by atoms with Gasteiger partial charge in [0.1, 0.15) is 18.4 Å². The minimum atomic E-state index is -0.841. The van der Waals surface area contributed by atoms with Crippen molar-refractivity contribution < 1.29 is 23.6 Å². The maximum atomic E-state index is 13.7. The second-order valence-electron chi connectivity index (χ2n) is 4.69. The first kappa shape index (κ1) is 20.6. The molecule has 0 fully saturated rings. The number of benzene rings is 1. The molecule has 23 heavy (non-hydrogen) atoms. The van der Waals surface area contributed by atoms with Crippen LogP contribution in [0.3, 0.4) is 0 Å². The molecule has 0 heterocycles. The van der Waals surface area contributed by atoms with E-state index in [1.807, 2.05) is 14.1 Å². The minimum Gasteiger partial charge on any atom is -0.332 e. The van der Waals surface area contributed by atoms with E-state index < -0.39 is 17.8 Å². The summed E-state index contributed by atoms with van der Waals surface area (Å²) in [4.78, 5) is 45.4. The summed E-state index contributed by atoms with van der Waals surface area (Å²) in [6, 6.07) is 2.86. The van der Waals surface area contributed by atoms with Gasteiger partial charge in [0, 0.05) is 19.0 Å². The number of nitrogens with zero attached hydrogens (tertiary/aromatic N) is 1. The van der Waals surface area contributed by atoms with Crippen LogP contribution in [0.2, 0.25) is 0 Å². The lowest BCUT2D eigenvalue weighted by atomic mass is 10.0. The number of likely N-dealkylation sites (N-methyl/N-ethyl adjacent to an activating group) is 1. The van der Waals surface area contributed by atoms with E-state index in [9.17, 15) is 23.6 Å². The van der Waals surface area contributed by atoms with E-state index >= 15 is 0 Å². The Morgan fingerprint density at radius 1 is 1.30 bits per heavy atom. The number of nitrogens with one attached hydrogen (secondary N) is 1. The molecule has 0 bridgehead atoms. The third-order valence-electron chi connectivity index (χ3n) is 2.94. The topological polar surface area (TPSA) is 83.6 Å². The zero-order valence-electron chi connectivity index (χ0n) is 13.4. The van der Waals surface area contributed by atoms with Gasteiger partial charge in [0.15, 0.2) is 6.29 Å². The van der Waals surface area contributed by atoms with Crippen molar-refractivity contribution in [3.8, 4) is 0 Å². The van der Waals surface area contributed by atoms with Gasteiger partial charge in [-0.1, -0.05) is 12.1 Å². The Bertz CT molecular complexity index is 549. The number of hydrogen-bond donors (Lipinski definition) is 1. The largest absolute Gasteiger partial charge is 0.332 e. The molecule has 0 spiro atoms. The molecule has 0 aliphatic rings. The highest BCUT2D eigenvalue weighted by Crippen LogP contribution is 2.16. The van der Waals surface area contributed by atoms with Crippen LogP contribution in [0, 0.1) is 5.82 Å². The van der Waals surface area contributed by atoms with Crippen molar-refractivity contribution in [2.24, 2.45) is 0 Å². The van der Waals surface area contributed by atoms with Gasteiger partial charge >= 0.3 is 0 Å². The van der Waals surface area contributed by atoms with Crippen LogP contribution in [0.4, 0.5) is 4.39 Å². The summed E-state index contributed by atoms with van der Waals surface area (Å²) in [7, 11) is 5.08. The van der Waals surface area contributed by atoms with E-state index in [4.69, 9.17) is 0 Å². The first-order chi connectivity index (χ1) is 11.0. The van der Waals surface area contributed by atoms with Gasteiger partial charge in [0.05, 0.1) is 11.6 Å². The predicted molar refractivity (Wildman–Crippen MR) is 84.0 cm³/mol. The van der Waals surface area contributed by atoms with E-state index in [1.54, 1.807) is 0 Å². The fourth-order valence-corrected chi connectivity index (χ4v) is 1.78. The molecule has 0 aromatic heterocycles. The first-order valence-electron chi connectivity index (χ1n) is 6.96. The summed E-state index contributed by atoms with van der Waals surface area (Å²) < 4.78 is 13.7. The number of carbonyl (C=O) groups is 4. The van der Waals surface area contributed by atoms with Gasteiger partial charge in [-0.25, -0.2) is 4.39 Å². The van der Waals surface area contributed by atoms with Crippen LogP contribution in [0.25, 0.3) is 0 Å². The van der Waals surface area contributed by atoms with E-state index in [0.29, 0.717) is 18.9 Å². The van der Waals surface area contributed by atoms with Crippen LogP contribution in [0.5, 0.6) is 0 Å². The summed E-state index contributed by atoms with van der Waals surface area (Å²) in [5.41, 5.74) is -0.454. The van der Waals surface area contributed by atoms with Crippen LogP contribution in [0.15, 0.2) is 18.2 Å². The molecule has 1 rings (SSSR count). The van der Waals surface area contributed by atoms with Gasteiger partial charge in [-0.3, -0.25) is 9.59 Å². The summed E-state index contributed by atoms with van der Waals surface area (Å²) in [5.74, 6) is -1.60. The van der Waals surface area contributed by atoms with E-state index in [2.05, 4.69) is 5.32 Å². The summed E-state index contributed by atoms with van der Waals surface area (Å²) in [5, 5.41) is 2.75. The average Bonchev–Trinajstić information content (AvgIpc) is 2.55. The lowest BCUT2D eigenvalue weighted by Gasteiger charge is -2.24. The van der Waals surface area contributed by atoms with E-state index in [1.165, 1.54) is 19.2 Å². The second-order valence-corrected chi connectivity index (χ2v) is 4.69. The number of halogens is 1. The molecule has 1 unspecified atom stereocenters. The second kappa shape index (κ2) is 11.2. The highest BCUT2D eigenvalue weighted by molar-refractivity contribution is 6.02. The van der Waals surface area contributed by atoms with Crippen molar-refractivity contribution in [2.45, 2.75) is 18.9 Å². The van der Waals surface area contributed by atoms with Crippen molar-refractivity contribution in [1.29, 1.82) is 0 Å². The van der Waals surface area contributed by atoms with E-state index in [0.717, 1.165) is 11.0 Å². The standard InChI is InChI=1S/C14H14FNO4.C2H7N/c1-16(11(9-19)5-3-7-17)14(20)13-10(8-18)4-2-6-12(13)15;1-3-2/h2,4,6-9,11H,3,5H2,1H3;3H,1-2H3. The number of amides is 1. The van der Waals surface area contributed by atoms with Crippen LogP contribution >= 0.6 is 0 Å². The molecule has 1 N–H and O–H groups in total. The lowest BCUT2D eigenvalue weighted by Crippen LogP contribution is -2.39. The lowest BCUT2D eigenvalue weighted by molar-refractivity contribution is -0.112. The van der Waals surface area contributed by atoms with Crippen molar-refractivity contribution in [3.05, 3.63) is 35.1 Å². The molecule has 7 heteroatoms. The van der Waals surface area contributed by atoms with Gasteiger partial charge in [-0.2, -0.15) is 0 Å². The molecule has 0 aliphatic carbocycles. The maximum Gasteiger partial charge on any atom is 0.257 e. The molecule has 6 nitrogen and oxygen atoms in total. The fraction of sp³-hybridized carbons (Fsp3) is 0.375. The van der Waals surface area contributed by atoms with E-state index in [-0.39, 0.29) is 24.0 Å². The summed E-state index contributed by atoms with van der Waals surface area (Å²) >= 11 is 0. The molecule has 1 aromatic carbocycles. The Morgan fingerprint density at radius 3 is 2.39 bits per heavy atom. The Kier molecular flexibility index (Phi) is 10.0. The quantitative estimate of drug-likeness (QED) is 0.759. The molecule has 1 atom stereocenters. The third kappa shape index (κ3) is 6.07. The van der Waals surface area contributed by atoms with Crippen LogP contribution in [-0.4, -0.2) is 56.9 Å². The Morgan fingerprint density at radius 2 is 1.91 bits per heavy atom. The molecule has 126 valence electrons. The van der Waals surface area contributed by atoms with Gasteiger partial charge in [0.25, 0.3) is 5.91 Å². The Balaban J connectivity index is 0.00000149. The highest BCUT2D eigenvalue weighted by Gasteiger charge is 2.25. The molecule has 0 saturated heterocycles. The van der Waals surface area contributed by atoms with Crippen molar-refractivity contribution in [2.75, 3.05) is 21.1 Å². The monoisotopic (exact) mass is 324 g/mol. The van der Waals surface area contributed by atoms with Gasteiger partial charge in [0.2, 0.25) is 0 Å². The molecule has 1 amide bonds. The molecule has 0 saturated carbocycles. The Hall–Kier alpha value is -2.41. The zero-order valence-corrected chi connectivity index (χ0v) is 13.4. The third-order valence-corrected chi connectivity index (χ3v) is 2.94. The number of rotatable bonds is 7. The maximum absolute atomic E-state index is 13.7. The van der Waals surface area contributed by atoms with Crippen molar-refractivity contribution in [3.63, 3.8) is 0 Å². The summed E-state index contributed by atoms with van der Waals surface area (Å²) in [6.07, 6.45) is 1.79. The summed E-state index contributed by atoms with van der Waals surface area (Å²) in [6.45, 7) is 0. The smallest absolute Gasteiger partial charge is 0.257 e. The predicted octanol–water partition coefficient (Wildman–Crippen LogP) is 1.09. The van der Waals surface area contributed by atoms with Gasteiger partial charge in [-0.15, -0.1) is 0 Å². The normalized spacial score (nSPS) is 10.8. The minimum absolute atomic E-state index is 0.0816. The SMILES string of the molecule is CN(C(=O)c1c(F)cccc1C=O)C(C=O)CCC=O.CNC. The number of aldehydes is 3. The zero-order chi connectivity index (χ0) is 17.8. The average molecular weight is 324 g/mol. The highest BCUT2D eigenvalue weighted by atomic mass is 19.1. The fourth-order valence-electron chi connectivity index (χ4n) is 1.78. The number of carbonyl (C=O) groups excluding carboxylic acids is 4. The van der Waals surface area contributed by atoms with Gasteiger partial charge < -0.3 is 19.8 Å². The molecule has 1 aromatic rings. The van der Waals surface area contributed by atoms with Crippen molar-refractivity contribution in [1.82, 2.24) is 10.2 Å². The molecular weight excluding hydrogens is 303 g/mol.